The highest BCUT2D eigenvalue weighted by molar-refractivity contribution is 7.91. The minimum atomic E-state index is -3.79. The molecule has 21 heavy (non-hydrogen) atoms. The lowest BCUT2D eigenvalue weighted by Gasteiger charge is -2.25. The molecule has 0 radical (unpaired) electrons. The molecule has 1 aromatic rings. The zero-order chi connectivity index (χ0) is 15.3. The third-order valence-corrected chi connectivity index (χ3v) is 5.45. The van der Waals surface area contributed by atoms with Crippen LogP contribution in [-0.2, 0) is 10.0 Å². The summed E-state index contributed by atoms with van der Waals surface area (Å²) in [5.74, 6) is 0.162. The summed E-state index contributed by atoms with van der Waals surface area (Å²) in [7, 11) is -3.79. The molecule has 1 unspecified atom stereocenters. The van der Waals surface area contributed by atoms with E-state index in [0.717, 1.165) is 11.1 Å². The number of sulfonamides is 1. The molecule has 0 fully saturated rings. The first-order valence-corrected chi connectivity index (χ1v) is 8.48. The molecule has 0 heterocycles. The number of hydrogen-bond donors (Lipinski definition) is 1. The molecular weight excluding hydrogens is 308 g/mol. The number of hydrogen-bond acceptors (Lipinski definition) is 3. The van der Waals surface area contributed by atoms with E-state index < -0.39 is 14.8 Å². The lowest BCUT2D eigenvalue weighted by atomic mass is 9.93. The standard InChI is InChI=1S/C15H15ClN2O2S/c16-10-11-18-21(19,20)15(12-17)8-6-14(7-9-15)13-4-2-1-3-5-13/h1-8,18H,9-11H2. The summed E-state index contributed by atoms with van der Waals surface area (Å²) < 4.78 is 25.3. The van der Waals surface area contributed by atoms with Gasteiger partial charge >= 0.3 is 0 Å². The Labute approximate surface area is 129 Å². The highest BCUT2D eigenvalue weighted by Gasteiger charge is 2.42. The minimum Gasteiger partial charge on any atom is -0.212 e. The Hall–Kier alpha value is -1.61. The second-order valence-electron chi connectivity index (χ2n) is 4.65. The largest absolute Gasteiger partial charge is 0.234 e. The van der Waals surface area contributed by atoms with Crippen LogP contribution in [0.2, 0.25) is 0 Å². The molecule has 1 aliphatic carbocycles. The quantitative estimate of drug-likeness (QED) is 0.846. The highest BCUT2D eigenvalue weighted by atomic mass is 35.5. The van der Waals surface area contributed by atoms with Gasteiger partial charge in [-0.3, -0.25) is 0 Å². The summed E-state index contributed by atoms with van der Waals surface area (Å²) in [6, 6.07) is 11.5. The van der Waals surface area contributed by atoms with Gasteiger partial charge in [0.25, 0.3) is 0 Å². The van der Waals surface area contributed by atoms with Crippen LogP contribution in [0.5, 0.6) is 0 Å². The average molecular weight is 323 g/mol. The van der Waals surface area contributed by atoms with Crippen LogP contribution in [0.4, 0.5) is 0 Å². The number of benzene rings is 1. The average Bonchev–Trinajstić information content (AvgIpc) is 2.53. The van der Waals surface area contributed by atoms with E-state index in [4.69, 9.17) is 11.6 Å². The second kappa shape index (κ2) is 6.44. The molecule has 1 N–H and O–H groups in total. The van der Waals surface area contributed by atoms with Gasteiger partial charge in [0.05, 0.1) is 6.07 Å². The predicted octanol–water partition coefficient (Wildman–Crippen LogP) is 2.45. The van der Waals surface area contributed by atoms with Crippen molar-refractivity contribution in [2.24, 2.45) is 0 Å². The fourth-order valence-corrected chi connectivity index (χ4v) is 3.62. The molecule has 4 nitrogen and oxygen atoms in total. The van der Waals surface area contributed by atoms with Gasteiger partial charge in [0.2, 0.25) is 10.0 Å². The molecule has 0 amide bonds. The Kier molecular flexibility index (Phi) is 4.84. The summed E-state index contributed by atoms with van der Waals surface area (Å²) >= 11 is 5.50. The van der Waals surface area contributed by atoms with E-state index in [0.29, 0.717) is 0 Å². The molecule has 0 aliphatic heterocycles. The fraction of sp³-hybridized carbons (Fsp3) is 0.267. The molecular formula is C15H15ClN2O2S. The van der Waals surface area contributed by atoms with E-state index in [-0.39, 0.29) is 18.8 Å². The fourth-order valence-electron chi connectivity index (χ4n) is 2.11. The molecule has 0 aromatic heterocycles. The van der Waals surface area contributed by atoms with Crippen LogP contribution in [0.3, 0.4) is 0 Å². The zero-order valence-corrected chi connectivity index (χ0v) is 12.9. The molecule has 0 bridgehead atoms. The normalized spacial score (nSPS) is 21.6. The maximum Gasteiger partial charge on any atom is 0.234 e. The molecule has 1 atom stereocenters. The SMILES string of the molecule is N#CC1(S(=O)(=O)NCCCl)C=CC(c2ccccc2)=CC1. The van der Waals surface area contributed by atoms with Crippen molar-refractivity contribution in [3.63, 3.8) is 0 Å². The van der Waals surface area contributed by atoms with Gasteiger partial charge in [-0.2, -0.15) is 5.26 Å². The minimum absolute atomic E-state index is 0.108. The maximum atomic E-state index is 12.3. The second-order valence-corrected chi connectivity index (χ2v) is 7.05. The molecule has 0 spiro atoms. The van der Waals surface area contributed by atoms with Crippen molar-refractivity contribution in [1.29, 1.82) is 5.26 Å². The monoisotopic (exact) mass is 322 g/mol. The van der Waals surface area contributed by atoms with Gasteiger partial charge in [0.15, 0.2) is 4.75 Å². The third kappa shape index (κ3) is 3.18. The number of allylic oxidation sites excluding steroid dienone is 3. The van der Waals surface area contributed by atoms with Crippen LogP contribution >= 0.6 is 11.6 Å². The number of nitriles is 1. The number of rotatable bonds is 5. The molecule has 2 rings (SSSR count). The van der Waals surface area contributed by atoms with Crippen LogP contribution < -0.4 is 4.72 Å². The number of halogens is 1. The highest BCUT2D eigenvalue weighted by Crippen LogP contribution is 2.31. The Bertz CT molecular complexity index is 705. The van der Waals surface area contributed by atoms with E-state index in [1.165, 1.54) is 6.08 Å². The summed E-state index contributed by atoms with van der Waals surface area (Å²) in [5, 5.41) is 9.35. The zero-order valence-electron chi connectivity index (χ0n) is 11.3. The Balaban J connectivity index is 2.27. The van der Waals surface area contributed by atoms with Gasteiger partial charge in [-0.15, -0.1) is 11.6 Å². The maximum absolute atomic E-state index is 12.3. The summed E-state index contributed by atoms with van der Waals surface area (Å²) in [4.78, 5) is 0. The molecule has 0 saturated carbocycles. The molecule has 6 heteroatoms. The van der Waals surface area contributed by atoms with Crippen LogP contribution in [0, 0.1) is 11.3 Å². The van der Waals surface area contributed by atoms with Crippen molar-refractivity contribution < 1.29 is 8.42 Å². The van der Waals surface area contributed by atoms with Crippen LogP contribution in [0.25, 0.3) is 5.57 Å². The van der Waals surface area contributed by atoms with E-state index in [9.17, 15) is 13.7 Å². The van der Waals surface area contributed by atoms with Crippen molar-refractivity contribution in [2.45, 2.75) is 11.2 Å². The predicted molar refractivity (Wildman–Crippen MR) is 84.2 cm³/mol. The first kappa shape index (κ1) is 15.8. The van der Waals surface area contributed by atoms with Crippen molar-refractivity contribution in [3.05, 3.63) is 54.1 Å². The molecule has 1 aromatic carbocycles. The van der Waals surface area contributed by atoms with Gasteiger partial charge in [-0.25, -0.2) is 13.1 Å². The van der Waals surface area contributed by atoms with Crippen molar-refractivity contribution in [1.82, 2.24) is 4.72 Å². The van der Waals surface area contributed by atoms with E-state index in [1.807, 2.05) is 36.4 Å². The van der Waals surface area contributed by atoms with Gasteiger partial charge in [0.1, 0.15) is 0 Å². The summed E-state index contributed by atoms with van der Waals surface area (Å²) in [5.41, 5.74) is 1.90. The van der Waals surface area contributed by atoms with Crippen molar-refractivity contribution in [2.75, 3.05) is 12.4 Å². The Morgan fingerprint density at radius 1 is 1.33 bits per heavy atom. The number of alkyl halides is 1. The van der Waals surface area contributed by atoms with Gasteiger partial charge in [-0.1, -0.05) is 42.5 Å². The van der Waals surface area contributed by atoms with Gasteiger partial charge < -0.3 is 0 Å². The molecule has 1 aliphatic rings. The van der Waals surface area contributed by atoms with Crippen LogP contribution in [0.1, 0.15) is 12.0 Å². The molecule has 0 saturated heterocycles. The van der Waals surface area contributed by atoms with Crippen LogP contribution in [0.15, 0.2) is 48.6 Å². The first-order valence-electron chi connectivity index (χ1n) is 6.46. The number of nitrogens with one attached hydrogen (secondary N) is 1. The summed E-state index contributed by atoms with van der Waals surface area (Å²) in [6.07, 6.45) is 5.02. The summed E-state index contributed by atoms with van der Waals surface area (Å²) in [6.45, 7) is 0.108. The van der Waals surface area contributed by atoms with Crippen LogP contribution in [-0.4, -0.2) is 25.6 Å². The number of nitrogens with zero attached hydrogens (tertiary/aromatic N) is 1. The third-order valence-electron chi connectivity index (χ3n) is 3.32. The van der Waals surface area contributed by atoms with Crippen molar-refractivity contribution >= 4 is 27.2 Å². The Morgan fingerprint density at radius 2 is 2.05 bits per heavy atom. The van der Waals surface area contributed by atoms with Gasteiger partial charge in [0, 0.05) is 18.8 Å². The lowest BCUT2D eigenvalue weighted by Crippen LogP contribution is -2.44. The van der Waals surface area contributed by atoms with E-state index in [1.54, 1.807) is 12.2 Å². The van der Waals surface area contributed by atoms with E-state index in [2.05, 4.69) is 4.72 Å². The van der Waals surface area contributed by atoms with Gasteiger partial charge in [-0.05, 0) is 17.2 Å². The smallest absolute Gasteiger partial charge is 0.212 e. The lowest BCUT2D eigenvalue weighted by molar-refractivity contribution is 0.563. The first-order chi connectivity index (χ1) is 10.0. The van der Waals surface area contributed by atoms with E-state index >= 15 is 0 Å². The molecule has 110 valence electrons. The van der Waals surface area contributed by atoms with Crippen molar-refractivity contribution in [3.8, 4) is 6.07 Å². The topological polar surface area (TPSA) is 70.0 Å². The Morgan fingerprint density at radius 3 is 2.57 bits per heavy atom.